The normalized spacial score (nSPS) is 15.5. The van der Waals surface area contributed by atoms with E-state index in [9.17, 15) is 18.7 Å². The fraction of sp³-hybridized carbons (Fsp3) is 0.158. The number of carbonyl (C=O) groups excluding carboxylic acids is 1. The number of rotatable bonds is 4. The number of hydrogen-bond acceptors (Lipinski definition) is 3. The fourth-order valence-electron chi connectivity index (χ4n) is 2.65. The van der Waals surface area contributed by atoms with E-state index in [1.165, 1.54) is 24.3 Å². The number of benzene rings is 2. The van der Waals surface area contributed by atoms with E-state index in [0.717, 1.165) is 0 Å². The Labute approximate surface area is 147 Å². The number of aliphatic hydroxyl groups is 1. The van der Waals surface area contributed by atoms with Gasteiger partial charge >= 0.3 is 0 Å². The zero-order valence-electron chi connectivity index (χ0n) is 13.6. The highest BCUT2D eigenvalue weighted by Crippen LogP contribution is 2.36. The number of amides is 1. The molecule has 3 aromatic rings. The van der Waals surface area contributed by atoms with Crippen LogP contribution in [0.25, 0.3) is 23.1 Å². The summed E-state index contributed by atoms with van der Waals surface area (Å²) in [6.45, 7) is 0. The lowest BCUT2D eigenvalue weighted by atomic mass is 10.1. The molecular formula is C19H15F2N3O2. The second kappa shape index (κ2) is 6.03. The van der Waals surface area contributed by atoms with Gasteiger partial charge in [0.05, 0.1) is 16.9 Å². The Morgan fingerprint density at radius 2 is 2.04 bits per heavy atom. The first kappa shape index (κ1) is 16.4. The Morgan fingerprint density at radius 3 is 2.77 bits per heavy atom. The molecule has 1 aromatic heterocycles. The molecule has 0 saturated heterocycles. The minimum Gasteiger partial charge on any atom is -0.380 e. The molecule has 0 unspecified atom stereocenters. The van der Waals surface area contributed by atoms with Gasteiger partial charge in [-0.1, -0.05) is 18.2 Å². The number of halogens is 2. The summed E-state index contributed by atoms with van der Waals surface area (Å²) in [6, 6.07) is 8.77. The molecule has 0 aliphatic heterocycles. The fourth-order valence-corrected chi connectivity index (χ4v) is 2.65. The number of aromatic amines is 1. The minimum absolute atomic E-state index is 0.0235. The molecule has 1 amide bonds. The van der Waals surface area contributed by atoms with Crippen LogP contribution in [0.2, 0.25) is 0 Å². The van der Waals surface area contributed by atoms with Gasteiger partial charge < -0.3 is 10.4 Å². The van der Waals surface area contributed by atoms with E-state index < -0.39 is 17.3 Å². The molecule has 5 nitrogen and oxygen atoms in total. The van der Waals surface area contributed by atoms with Crippen molar-refractivity contribution in [1.29, 1.82) is 0 Å². The van der Waals surface area contributed by atoms with Crippen LogP contribution in [0.1, 0.15) is 24.1 Å². The van der Waals surface area contributed by atoms with Crippen LogP contribution in [-0.4, -0.2) is 26.8 Å². The maximum absolute atomic E-state index is 14.2. The molecule has 0 bridgehead atoms. The van der Waals surface area contributed by atoms with Gasteiger partial charge in [0, 0.05) is 11.5 Å². The van der Waals surface area contributed by atoms with Crippen molar-refractivity contribution in [2.45, 2.75) is 18.4 Å². The maximum Gasteiger partial charge on any atom is 0.256 e. The standard InChI is InChI=1S/C19H15F2N3O2/c20-12-3-1-2-11(8-12)4-5-15-13-9-17(14(21)10-16(13)24-23-15)22-18(25)19(26)6-7-19/h1-5,8-10,26H,6-7H2,(H,22,25)(H,23,24). The van der Waals surface area contributed by atoms with E-state index in [0.29, 0.717) is 35.0 Å². The Hall–Kier alpha value is -3.06. The van der Waals surface area contributed by atoms with Crippen molar-refractivity contribution in [3.05, 3.63) is 59.3 Å². The third-order valence-corrected chi connectivity index (χ3v) is 4.36. The van der Waals surface area contributed by atoms with Gasteiger partial charge in [0.15, 0.2) is 0 Å². The number of aromatic nitrogens is 2. The van der Waals surface area contributed by atoms with Gasteiger partial charge in [-0.25, -0.2) is 8.78 Å². The van der Waals surface area contributed by atoms with Crippen molar-refractivity contribution < 1.29 is 18.7 Å². The average molecular weight is 355 g/mol. The number of anilines is 1. The van der Waals surface area contributed by atoms with Crippen LogP contribution in [0.5, 0.6) is 0 Å². The summed E-state index contributed by atoms with van der Waals surface area (Å²) in [7, 11) is 0. The van der Waals surface area contributed by atoms with Gasteiger partial charge in [-0.15, -0.1) is 0 Å². The van der Waals surface area contributed by atoms with Gasteiger partial charge in [0.2, 0.25) is 0 Å². The lowest BCUT2D eigenvalue weighted by molar-refractivity contribution is -0.125. The third-order valence-electron chi connectivity index (χ3n) is 4.36. The maximum atomic E-state index is 14.2. The molecule has 0 radical (unpaired) electrons. The highest BCUT2D eigenvalue weighted by molar-refractivity contribution is 6.01. The molecular weight excluding hydrogens is 340 g/mol. The van der Waals surface area contributed by atoms with Gasteiger partial charge in [-0.2, -0.15) is 5.10 Å². The van der Waals surface area contributed by atoms with Crippen molar-refractivity contribution >= 4 is 34.6 Å². The highest BCUT2D eigenvalue weighted by Gasteiger charge is 2.48. The van der Waals surface area contributed by atoms with Crippen LogP contribution in [0.4, 0.5) is 14.5 Å². The van der Waals surface area contributed by atoms with Gasteiger partial charge in [0.25, 0.3) is 5.91 Å². The lowest BCUT2D eigenvalue weighted by Gasteiger charge is -2.10. The van der Waals surface area contributed by atoms with Crippen molar-refractivity contribution in [3.63, 3.8) is 0 Å². The molecule has 1 aliphatic rings. The zero-order chi connectivity index (χ0) is 18.3. The molecule has 1 heterocycles. The predicted octanol–water partition coefficient (Wildman–Crippen LogP) is 3.47. The summed E-state index contributed by atoms with van der Waals surface area (Å²) in [6.07, 6.45) is 4.10. The zero-order valence-corrected chi connectivity index (χ0v) is 13.6. The Balaban J connectivity index is 1.66. The van der Waals surface area contributed by atoms with Crippen LogP contribution in [0, 0.1) is 11.6 Å². The van der Waals surface area contributed by atoms with Gasteiger partial charge in [-0.3, -0.25) is 9.89 Å². The molecule has 0 atom stereocenters. The van der Waals surface area contributed by atoms with E-state index in [1.54, 1.807) is 24.3 Å². The molecule has 0 spiro atoms. The Bertz CT molecular complexity index is 1040. The summed E-state index contributed by atoms with van der Waals surface area (Å²) in [5.74, 6) is -1.58. The second-order valence-corrected chi connectivity index (χ2v) is 6.36. The molecule has 1 aliphatic carbocycles. The second-order valence-electron chi connectivity index (χ2n) is 6.36. The van der Waals surface area contributed by atoms with Crippen LogP contribution in [0.3, 0.4) is 0 Å². The van der Waals surface area contributed by atoms with Gasteiger partial charge in [-0.05, 0) is 42.7 Å². The number of nitrogens with one attached hydrogen (secondary N) is 2. The van der Waals surface area contributed by atoms with Crippen LogP contribution >= 0.6 is 0 Å². The summed E-state index contributed by atoms with van der Waals surface area (Å²) in [5, 5.41) is 19.7. The largest absolute Gasteiger partial charge is 0.380 e. The molecule has 132 valence electrons. The minimum atomic E-state index is -1.39. The summed E-state index contributed by atoms with van der Waals surface area (Å²) < 4.78 is 27.4. The van der Waals surface area contributed by atoms with Crippen molar-refractivity contribution in [3.8, 4) is 0 Å². The molecule has 2 aromatic carbocycles. The highest BCUT2D eigenvalue weighted by atomic mass is 19.1. The lowest BCUT2D eigenvalue weighted by Crippen LogP contribution is -2.29. The average Bonchev–Trinajstić information content (AvgIpc) is 3.25. The number of H-pyrrole nitrogens is 1. The third kappa shape index (κ3) is 3.09. The Morgan fingerprint density at radius 1 is 1.23 bits per heavy atom. The first-order chi connectivity index (χ1) is 12.4. The molecule has 3 N–H and O–H groups in total. The van der Waals surface area contributed by atoms with Crippen molar-refractivity contribution in [1.82, 2.24) is 10.2 Å². The molecule has 7 heteroatoms. The Kier molecular flexibility index (Phi) is 3.81. The molecule has 1 saturated carbocycles. The smallest absolute Gasteiger partial charge is 0.256 e. The van der Waals surface area contributed by atoms with E-state index in [4.69, 9.17) is 0 Å². The predicted molar refractivity (Wildman–Crippen MR) is 94.2 cm³/mol. The monoisotopic (exact) mass is 355 g/mol. The molecule has 1 fully saturated rings. The van der Waals surface area contributed by atoms with E-state index >= 15 is 0 Å². The first-order valence-corrected chi connectivity index (χ1v) is 8.10. The topological polar surface area (TPSA) is 78.0 Å². The van der Waals surface area contributed by atoms with E-state index in [1.807, 2.05) is 0 Å². The van der Waals surface area contributed by atoms with E-state index in [2.05, 4.69) is 15.5 Å². The summed E-state index contributed by atoms with van der Waals surface area (Å²) in [4.78, 5) is 11.9. The van der Waals surface area contributed by atoms with Crippen LogP contribution in [-0.2, 0) is 4.79 Å². The van der Waals surface area contributed by atoms with Crippen molar-refractivity contribution in [2.24, 2.45) is 0 Å². The van der Waals surface area contributed by atoms with Crippen LogP contribution in [0.15, 0.2) is 36.4 Å². The SMILES string of the molecule is O=C(Nc1cc2c(C=Cc3cccc(F)c3)n[nH]c2cc1F)C1(O)CC1. The number of nitrogens with zero attached hydrogens (tertiary/aromatic N) is 1. The molecule has 26 heavy (non-hydrogen) atoms. The van der Waals surface area contributed by atoms with E-state index in [-0.39, 0.29) is 11.5 Å². The number of carbonyl (C=O) groups is 1. The quantitative estimate of drug-likeness (QED) is 0.670. The number of fused-ring (bicyclic) bond motifs is 1. The first-order valence-electron chi connectivity index (χ1n) is 8.10. The molecule has 4 rings (SSSR count). The van der Waals surface area contributed by atoms with Crippen LogP contribution < -0.4 is 5.32 Å². The number of hydrogen-bond donors (Lipinski definition) is 3. The van der Waals surface area contributed by atoms with Gasteiger partial charge in [0.1, 0.15) is 17.2 Å². The summed E-state index contributed by atoms with van der Waals surface area (Å²) in [5.41, 5.74) is 0.226. The summed E-state index contributed by atoms with van der Waals surface area (Å²) >= 11 is 0. The van der Waals surface area contributed by atoms with Crippen molar-refractivity contribution in [2.75, 3.05) is 5.32 Å².